The van der Waals surface area contributed by atoms with Crippen LogP contribution in [0.4, 0.5) is 0 Å². The zero-order valence-corrected chi connectivity index (χ0v) is 11.7. The van der Waals surface area contributed by atoms with E-state index < -0.39 is 0 Å². The lowest BCUT2D eigenvalue weighted by atomic mass is 10.0. The number of aromatic hydroxyl groups is 1. The van der Waals surface area contributed by atoms with Crippen molar-refractivity contribution in [1.29, 1.82) is 0 Å². The van der Waals surface area contributed by atoms with Gasteiger partial charge in [0.05, 0.1) is 6.61 Å². The van der Waals surface area contributed by atoms with Crippen molar-refractivity contribution < 1.29 is 14.6 Å². The van der Waals surface area contributed by atoms with E-state index in [1.165, 1.54) is 0 Å². The summed E-state index contributed by atoms with van der Waals surface area (Å²) in [4.78, 5) is 0. The van der Waals surface area contributed by atoms with Crippen molar-refractivity contribution in [2.24, 2.45) is 0 Å². The molecule has 4 nitrogen and oxygen atoms in total. The Hall–Kier alpha value is -2.04. The molecule has 2 atom stereocenters. The van der Waals surface area contributed by atoms with Crippen LogP contribution >= 0.6 is 0 Å². The number of hydrogen-bond donors (Lipinski definition) is 2. The van der Waals surface area contributed by atoms with Gasteiger partial charge in [-0.3, -0.25) is 0 Å². The van der Waals surface area contributed by atoms with Crippen molar-refractivity contribution in [1.82, 2.24) is 5.32 Å². The van der Waals surface area contributed by atoms with E-state index in [0.717, 1.165) is 18.7 Å². The molecule has 2 aromatic rings. The first-order valence-electron chi connectivity index (χ1n) is 7.16. The molecule has 2 N–H and O–H groups in total. The molecule has 0 radical (unpaired) electrons. The molecule has 0 saturated carbocycles. The molecule has 0 bridgehead atoms. The SMILES string of the molecule is Oc1ccccc1O[C@H](c1ccccc1)[C@H]1CNCCO1. The lowest BCUT2D eigenvalue weighted by Crippen LogP contribution is -2.43. The number of para-hydroxylation sites is 2. The molecule has 21 heavy (non-hydrogen) atoms. The van der Waals surface area contributed by atoms with Crippen molar-refractivity contribution in [3.63, 3.8) is 0 Å². The predicted molar refractivity (Wildman–Crippen MR) is 80.5 cm³/mol. The molecule has 0 aromatic heterocycles. The first kappa shape index (κ1) is 13.9. The summed E-state index contributed by atoms with van der Waals surface area (Å²) in [6.07, 6.45) is -0.340. The lowest BCUT2D eigenvalue weighted by molar-refractivity contribution is -0.0438. The van der Waals surface area contributed by atoms with E-state index in [-0.39, 0.29) is 18.0 Å². The fourth-order valence-corrected chi connectivity index (χ4v) is 2.48. The van der Waals surface area contributed by atoms with Gasteiger partial charge in [-0.1, -0.05) is 42.5 Å². The second-order valence-corrected chi connectivity index (χ2v) is 5.03. The predicted octanol–water partition coefficient (Wildman–Crippen LogP) is 2.50. The van der Waals surface area contributed by atoms with E-state index in [0.29, 0.717) is 12.4 Å². The highest BCUT2D eigenvalue weighted by Gasteiger charge is 2.28. The van der Waals surface area contributed by atoms with E-state index >= 15 is 0 Å². The number of nitrogens with one attached hydrogen (secondary N) is 1. The number of phenolic OH excluding ortho intramolecular Hbond substituents is 1. The molecule has 1 heterocycles. The van der Waals surface area contributed by atoms with Gasteiger partial charge < -0.3 is 19.9 Å². The lowest BCUT2D eigenvalue weighted by Gasteiger charge is -2.31. The van der Waals surface area contributed by atoms with Gasteiger partial charge in [0, 0.05) is 13.1 Å². The number of benzene rings is 2. The monoisotopic (exact) mass is 285 g/mol. The second-order valence-electron chi connectivity index (χ2n) is 5.03. The van der Waals surface area contributed by atoms with Crippen LogP contribution in [0.5, 0.6) is 11.5 Å². The summed E-state index contributed by atoms with van der Waals surface area (Å²) in [6.45, 7) is 2.25. The summed E-state index contributed by atoms with van der Waals surface area (Å²) >= 11 is 0. The van der Waals surface area contributed by atoms with Gasteiger partial charge in [0.15, 0.2) is 17.6 Å². The van der Waals surface area contributed by atoms with Gasteiger partial charge in [0.25, 0.3) is 0 Å². The summed E-state index contributed by atoms with van der Waals surface area (Å²) in [6, 6.07) is 17.0. The van der Waals surface area contributed by atoms with Gasteiger partial charge in [0.1, 0.15) is 6.10 Å². The fourth-order valence-electron chi connectivity index (χ4n) is 2.48. The highest BCUT2D eigenvalue weighted by atomic mass is 16.5. The van der Waals surface area contributed by atoms with Crippen LogP contribution in [0.25, 0.3) is 0 Å². The topological polar surface area (TPSA) is 50.7 Å². The third kappa shape index (κ3) is 3.35. The number of phenols is 1. The molecule has 0 spiro atoms. The number of hydrogen-bond acceptors (Lipinski definition) is 4. The first-order chi connectivity index (χ1) is 10.3. The van der Waals surface area contributed by atoms with E-state index in [2.05, 4.69) is 5.32 Å². The molecular weight excluding hydrogens is 266 g/mol. The molecular formula is C17H19NO3. The third-order valence-corrected chi connectivity index (χ3v) is 3.54. The first-order valence-corrected chi connectivity index (χ1v) is 7.16. The van der Waals surface area contributed by atoms with E-state index in [9.17, 15) is 5.11 Å². The average molecular weight is 285 g/mol. The number of morpholine rings is 1. The van der Waals surface area contributed by atoms with Crippen LogP contribution in [0.1, 0.15) is 11.7 Å². The summed E-state index contributed by atoms with van der Waals surface area (Å²) in [5.74, 6) is 0.614. The van der Waals surface area contributed by atoms with Gasteiger partial charge >= 0.3 is 0 Å². The van der Waals surface area contributed by atoms with Crippen LogP contribution in [0, 0.1) is 0 Å². The minimum absolute atomic E-state index is 0.0826. The van der Waals surface area contributed by atoms with Crippen molar-refractivity contribution in [3.05, 3.63) is 60.2 Å². The Morgan fingerprint density at radius 3 is 2.57 bits per heavy atom. The largest absolute Gasteiger partial charge is 0.504 e. The van der Waals surface area contributed by atoms with Crippen molar-refractivity contribution in [2.45, 2.75) is 12.2 Å². The molecule has 1 fully saturated rings. The fraction of sp³-hybridized carbons (Fsp3) is 0.294. The summed E-state index contributed by atoms with van der Waals surface area (Å²) < 4.78 is 11.9. The molecule has 0 unspecified atom stereocenters. The van der Waals surface area contributed by atoms with Crippen LogP contribution in [-0.4, -0.2) is 30.9 Å². The molecule has 3 rings (SSSR count). The molecule has 2 aromatic carbocycles. The molecule has 110 valence electrons. The molecule has 4 heteroatoms. The van der Waals surface area contributed by atoms with Crippen molar-refractivity contribution in [3.8, 4) is 11.5 Å². The second kappa shape index (κ2) is 6.61. The Bertz CT molecular complexity index is 567. The smallest absolute Gasteiger partial charge is 0.162 e. The number of ether oxygens (including phenoxy) is 2. The minimum Gasteiger partial charge on any atom is -0.504 e. The van der Waals surface area contributed by atoms with Crippen LogP contribution in [0.2, 0.25) is 0 Å². The number of rotatable bonds is 4. The molecule has 0 aliphatic carbocycles. The van der Waals surface area contributed by atoms with Crippen LogP contribution in [0.3, 0.4) is 0 Å². The van der Waals surface area contributed by atoms with Gasteiger partial charge in [-0.25, -0.2) is 0 Å². The third-order valence-electron chi connectivity index (χ3n) is 3.54. The van der Waals surface area contributed by atoms with Crippen LogP contribution in [0.15, 0.2) is 54.6 Å². The normalized spacial score (nSPS) is 19.9. The van der Waals surface area contributed by atoms with Gasteiger partial charge in [-0.2, -0.15) is 0 Å². The zero-order chi connectivity index (χ0) is 14.5. The Morgan fingerprint density at radius 1 is 1.10 bits per heavy atom. The van der Waals surface area contributed by atoms with E-state index in [4.69, 9.17) is 9.47 Å². The van der Waals surface area contributed by atoms with Crippen molar-refractivity contribution in [2.75, 3.05) is 19.7 Å². The maximum absolute atomic E-state index is 9.92. The van der Waals surface area contributed by atoms with Crippen LogP contribution in [-0.2, 0) is 4.74 Å². The Morgan fingerprint density at radius 2 is 1.86 bits per heavy atom. The maximum atomic E-state index is 9.92. The summed E-state index contributed by atoms with van der Waals surface area (Å²) in [7, 11) is 0. The van der Waals surface area contributed by atoms with Crippen LogP contribution < -0.4 is 10.1 Å². The molecule has 1 aliphatic rings. The van der Waals surface area contributed by atoms with Gasteiger partial charge in [0.2, 0.25) is 0 Å². The molecule has 1 aliphatic heterocycles. The Labute approximate surface area is 124 Å². The highest BCUT2D eigenvalue weighted by molar-refractivity contribution is 5.38. The van der Waals surface area contributed by atoms with E-state index in [1.54, 1.807) is 18.2 Å². The highest BCUT2D eigenvalue weighted by Crippen LogP contribution is 2.32. The zero-order valence-electron chi connectivity index (χ0n) is 11.7. The van der Waals surface area contributed by atoms with E-state index in [1.807, 2.05) is 36.4 Å². The molecule has 0 amide bonds. The Kier molecular flexibility index (Phi) is 4.38. The quantitative estimate of drug-likeness (QED) is 0.906. The standard InChI is InChI=1S/C17H19NO3/c19-14-8-4-5-9-15(14)21-17(13-6-2-1-3-7-13)16-12-18-10-11-20-16/h1-9,16-19H,10-12H2/t16-,17-/m1/s1. The minimum atomic E-state index is -0.257. The maximum Gasteiger partial charge on any atom is 0.162 e. The summed E-state index contributed by atoms with van der Waals surface area (Å²) in [5.41, 5.74) is 1.04. The van der Waals surface area contributed by atoms with Gasteiger partial charge in [-0.05, 0) is 17.7 Å². The average Bonchev–Trinajstić information content (AvgIpc) is 2.56. The van der Waals surface area contributed by atoms with Crippen molar-refractivity contribution >= 4 is 0 Å². The van der Waals surface area contributed by atoms with Gasteiger partial charge in [-0.15, -0.1) is 0 Å². The molecule has 1 saturated heterocycles. The Balaban J connectivity index is 1.87. The summed E-state index contributed by atoms with van der Waals surface area (Å²) in [5, 5.41) is 13.2.